The van der Waals surface area contributed by atoms with Crippen molar-refractivity contribution in [3.8, 4) is 17.1 Å². The smallest absolute Gasteiger partial charge is 0.280 e. The van der Waals surface area contributed by atoms with E-state index in [4.69, 9.17) is 38.7 Å². The second-order valence-corrected chi connectivity index (χ2v) is 11.2. The Balaban J connectivity index is 1.74. The normalized spacial score (nSPS) is 17.3. The number of hydrogen-bond donors (Lipinski definition) is 2. The number of fused-ring (bicyclic) bond motifs is 4. The number of nitrogens with two attached hydrogens (primary N) is 1. The van der Waals surface area contributed by atoms with Crippen LogP contribution in [0.25, 0.3) is 11.4 Å². The average molecular weight is 590 g/mol. The van der Waals surface area contributed by atoms with Gasteiger partial charge in [0.2, 0.25) is 5.91 Å². The van der Waals surface area contributed by atoms with Crippen molar-refractivity contribution in [1.82, 2.24) is 9.55 Å². The second-order valence-electron chi connectivity index (χ2n) is 10.3. The summed E-state index contributed by atoms with van der Waals surface area (Å²) in [5.41, 5.74) is 7.39. The molecule has 208 valence electrons. The third kappa shape index (κ3) is 3.69. The molecule has 11 heteroatoms. The zero-order valence-corrected chi connectivity index (χ0v) is 24.1. The lowest BCUT2D eigenvalue weighted by Crippen LogP contribution is -2.51. The minimum atomic E-state index is -1.63. The topological polar surface area (TPSA) is 120 Å². The lowest BCUT2D eigenvalue weighted by molar-refractivity contribution is -0.119. The molecule has 0 unspecified atom stereocenters. The second kappa shape index (κ2) is 9.36. The van der Waals surface area contributed by atoms with Crippen molar-refractivity contribution in [2.75, 3.05) is 17.3 Å². The number of amides is 3. The highest BCUT2D eigenvalue weighted by atomic mass is 35.5. The van der Waals surface area contributed by atoms with Crippen LogP contribution >= 0.6 is 23.2 Å². The van der Waals surface area contributed by atoms with Crippen LogP contribution in [0.4, 0.5) is 11.4 Å². The molecule has 0 fully saturated rings. The summed E-state index contributed by atoms with van der Waals surface area (Å²) in [5, 5.41) is 3.79. The van der Waals surface area contributed by atoms with Crippen LogP contribution in [0.1, 0.15) is 57.6 Å². The number of anilines is 2. The highest BCUT2D eigenvalue weighted by Gasteiger charge is 2.64. The Morgan fingerprint density at radius 1 is 1.05 bits per heavy atom. The molecule has 9 nitrogen and oxygen atoms in total. The number of aryl methyl sites for hydroxylation is 1. The summed E-state index contributed by atoms with van der Waals surface area (Å²) in [6, 6.07) is 14.8. The van der Waals surface area contributed by atoms with Gasteiger partial charge in [0.15, 0.2) is 11.2 Å². The van der Waals surface area contributed by atoms with Gasteiger partial charge in [-0.1, -0.05) is 35.3 Å². The Morgan fingerprint density at radius 3 is 2.44 bits per heavy atom. The van der Waals surface area contributed by atoms with E-state index < -0.39 is 23.3 Å². The minimum absolute atomic E-state index is 0.0950. The molecule has 3 heterocycles. The summed E-state index contributed by atoms with van der Waals surface area (Å²) >= 11 is 12.7. The molecule has 3 aromatic carbocycles. The Morgan fingerprint density at radius 2 is 1.76 bits per heavy atom. The number of benzene rings is 3. The molecule has 1 spiro atoms. The number of rotatable bonds is 5. The first-order chi connectivity index (χ1) is 19.5. The number of halogens is 2. The molecule has 1 atom stereocenters. The molecular weight excluding hydrogens is 565 g/mol. The first kappa shape index (κ1) is 26.9. The van der Waals surface area contributed by atoms with Gasteiger partial charge < -0.3 is 20.4 Å². The van der Waals surface area contributed by atoms with Crippen molar-refractivity contribution in [1.29, 1.82) is 0 Å². The van der Waals surface area contributed by atoms with Crippen molar-refractivity contribution in [3.63, 3.8) is 0 Å². The molecule has 0 bridgehead atoms. The number of nitrogens with zero attached hydrogens (tertiary/aromatic N) is 3. The van der Waals surface area contributed by atoms with Crippen molar-refractivity contribution < 1.29 is 19.1 Å². The molecule has 1 aromatic heterocycles. The lowest BCUT2D eigenvalue weighted by Gasteiger charge is -2.36. The Bertz CT molecular complexity index is 1810. The quantitative estimate of drug-likeness (QED) is 0.309. The maximum atomic E-state index is 14.5. The third-order valence-corrected chi connectivity index (χ3v) is 8.07. The standard InChI is InChI=1S/C30H25Cl2N5O4/c1-14(2)36-25-24(35-27(36)19-11-16(26(33)38)6-10-23(19)41-4)28(39)37(22-13-18(32)7-5-15(22)3)30(25)20-9-8-17(31)12-21(20)34-29(30)40/h5-14H,1-4H3,(H2,33,38)(H,34,40)/t30-/m1/s1. The molecule has 2 aliphatic rings. The van der Waals surface area contributed by atoms with E-state index >= 15 is 0 Å². The fourth-order valence-corrected chi connectivity index (χ4v) is 6.20. The molecule has 2 aliphatic heterocycles. The van der Waals surface area contributed by atoms with Gasteiger partial charge in [0, 0.05) is 32.9 Å². The van der Waals surface area contributed by atoms with E-state index in [0.29, 0.717) is 49.8 Å². The van der Waals surface area contributed by atoms with E-state index in [9.17, 15) is 14.4 Å². The molecule has 6 rings (SSSR count). The summed E-state index contributed by atoms with van der Waals surface area (Å²) in [5.74, 6) is -0.760. The van der Waals surface area contributed by atoms with Gasteiger partial charge in [-0.2, -0.15) is 0 Å². The number of aromatic nitrogens is 2. The van der Waals surface area contributed by atoms with Crippen molar-refractivity contribution >= 4 is 52.3 Å². The minimum Gasteiger partial charge on any atom is -0.496 e. The summed E-state index contributed by atoms with van der Waals surface area (Å²) in [4.78, 5) is 47.2. The van der Waals surface area contributed by atoms with E-state index in [0.717, 1.165) is 5.56 Å². The van der Waals surface area contributed by atoms with E-state index in [2.05, 4.69) is 5.32 Å². The van der Waals surface area contributed by atoms with Crippen LogP contribution in [0.2, 0.25) is 10.0 Å². The monoisotopic (exact) mass is 589 g/mol. The predicted molar refractivity (Wildman–Crippen MR) is 157 cm³/mol. The third-order valence-electron chi connectivity index (χ3n) is 7.60. The van der Waals surface area contributed by atoms with Crippen LogP contribution in [-0.4, -0.2) is 34.4 Å². The maximum absolute atomic E-state index is 14.5. The highest BCUT2D eigenvalue weighted by Crippen LogP contribution is 2.55. The van der Waals surface area contributed by atoms with Gasteiger partial charge in [0.05, 0.1) is 24.1 Å². The zero-order valence-electron chi connectivity index (χ0n) is 22.6. The molecule has 3 amide bonds. The molecule has 0 radical (unpaired) electrons. The van der Waals surface area contributed by atoms with E-state index in [1.807, 2.05) is 25.3 Å². The molecule has 0 saturated carbocycles. The van der Waals surface area contributed by atoms with Gasteiger partial charge in [0.1, 0.15) is 11.6 Å². The van der Waals surface area contributed by atoms with Crippen LogP contribution in [0.15, 0.2) is 54.6 Å². The Hall–Kier alpha value is -4.34. The molecule has 4 aromatic rings. The first-order valence-corrected chi connectivity index (χ1v) is 13.6. The first-order valence-electron chi connectivity index (χ1n) is 12.8. The van der Waals surface area contributed by atoms with Crippen molar-refractivity contribution in [3.05, 3.63) is 92.7 Å². The number of imidazole rings is 1. The highest BCUT2D eigenvalue weighted by molar-refractivity contribution is 6.32. The number of ether oxygens (including phenoxy) is 1. The van der Waals surface area contributed by atoms with Crippen molar-refractivity contribution in [2.24, 2.45) is 5.73 Å². The Kier molecular flexibility index (Phi) is 6.13. The fourth-order valence-electron chi connectivity index (χ4n) is 5.86. The summed E-state index contributed by atoms with van der Waals surface area (Å²) in [7, 11) is 1.50. The molecule has 0 aliphatic carbocycles. The fraction of sp³-hybridized carbons (Fsp3) is 0.200. The van der Waals surface area contributed by atoms with Crippen LogP contribution in [0.3, 0.4) is 0 Å². The van der Waals surface area contributed by atoms with E-state index in [1.54, 1.807) is 54.6 Å². The number of carbonyl (C=O) groups excluding carboxylic acids is 3. The maximum Gasteiger partial charge on any atom is 0.280 e. The van der Waals surface area contributed by atoms with Gasteiger partial charge in [-0.05, 0) is 68.8 Å². The molecule has 41 heavy (non-hydrogen) atoms. The number of primary amides is 1. The number of nitrogens with one attached hydrogen (secondary N) is 1. The molecular formula is C30H25Cl2N5O4. The summed E-state index contributed by atoms with van der Waals surface area (Å²) < 4.78 is 7.46. The van der Waals surface area contributed by atoms with Crippen LogP contribution < -0.4 is 20.7 Å². The van der Waals surface area contributed by atoms with E-state index in [-0.39, 0.29) is 17.3 Å². The van der Waals surface area contributed by atoms with Gasteiger partial charge in [-0.3, -0.25) is 19.3 Å². The predicted octanol–water partition coefficient (Wildman–Crippen LogP) is 5.71. The average Bonchev–Trinajstić information content (AvgIpc) is 3.53. The molecule has 0 saturated heterocycles. The summed E-state index contributed by atoms with van der Waals surface area (Å²) in [6.45, 7) is 5.70. The van der Waals surface area contributed by atoms with Gasteiger partial charge in [-0.15, -0.1) is 0 Å². The van der Waals surface area contributed by atoms with Gasteiger partial charge >= 0.3 is 0 Å². The van der Waals surface area contributed by atoms with E-state index in [1.165, 1.54) is 12.0 Å². The van der Waals surface area contributed by atoms with Gasteiger partial charge in [-0.25, -0.2) is 4.98 Å². The zero-order chi connectivity index (χ0) is 29.4. The number of hydrogen-bond acceptors (Lipinski definition) is 5. The number of methoxy groups -OCH3 is 1. The van der Waals surface area contributed by atoms with Gasteiger partial charge in [0.25, 0.3) is 11.8 Å². The van der Waals surface area contributed by atoms with Crippen LogP contribution in [-0.2, 0) is 10.3 Å². The largest absolute Gasteiger partial charge is 0.496 e. The van der Waals surface area contributed by atoms with Crippen molar-refractivity contribution in [2.45, 2.75) is 32.4 Å². The number of carbonyl (C=O) groups is 3. The SMILES string of the molecule is COc1ccc(C(N)=O)cc1-c1nc2c(n1C(C)C)[C@]1(C(=O)Nc3cc(Cl)ccc31)N(c1cc(Cl)ccc1C)C2=O. The van der Waals surface area contributed by atoms with Crippen LogP contribution in [0, 0.1) is 6.92 Å². The lowest BCUT2D eigenvalue weighted by atomic mass is 9.86. The summed E-state index contributed by atoms with van der Waals surface area (Å²) in [6.07, 6.45) is 0. The Labute approximate surface area is 245 Å². The molecule has 3 N–H and O–H groups in total. The van der Waals surface area contributed by atoms with Crippen LogP contribution in [0.5, 0.6) is 5.75 Å².